The van der Waals surface area contributed by atoms with Crippen LogP contribution in [0.2, 0.25) is 0 Å². The lowest BCUT2D eigenvalue weighted by Crippen LogP contribution is -2.27. The van der Waals surface area contributed by atoms with Gasteiger partial charge in [-0.25, -0.2) is 4.68 Å². The maximum Gasteiger partial charge on any atom is 0.325 e. The first-order valence-corrected chi connectivity index (χ1v) is 5.65. The van der Waals surface area contributed by atoms with Crippen molar-refractivity contribution in [3.05, 3.63) is 28.4 Å². The molecule has 0 saturated carbocycles. The van der Waals surface area contributed by atoms with Gasteiger partial charge < -0.3 is 14.1 Å². The first kappa shape index (κ1) is 11.5. The molecule has 7 nitrogen and oxygen atoms in total. The smallest absolute Gasteiger partial charge is 0.325 e. The normalized spacial score (nSPS) is 11.5. The van der Waals surface area contributed by atoms with Crippen LogP contribution in [0, 0.1) is 6.92 Å². The maximum atomic E-state index is 12.2. The minimum absolute atomic E-state index is 0.394. The van der Waals surface area contributed by atoms with Crippen LogP contribution in [-0.4, -0.2) is 25.4 Å². The first-order chi connectivity index (χ1) is 8.99. The number of carboxylic acid groups (broad SMARTS) is 1. The first-order valence-electron chi connectivity index (χ1n) is 5.65. The van der Waals surface area contributed by atoms with Crippen molar-refractivity contribution in [2.45, 2.75) is 13.5 Å². The number of carboxylic acids is 1. The zero-order valence-electron chi connectivity index (χ0n) is 10.4. The molecule has 1 N–H and O–H groups in total. The summed E-state index contributed by atoms with van der Waals surface area (Å²) in [6.45, 7) is 1.37. The molecule has 0 aromatic carbocycles. The molecule has 0 spiro atoms. The van der Waals surface area contributed by atoms with E-state index in [1.165, 1.54) is 6.20 Å². The molecule has 0 aliphatic carbocycles. The number of aryl methyl sites for hydroxylation is 2. The van der Waals surface area contributed by atoms with Crippen LogP contribution in [-0.2, 0) is 18.4 Å². The van der Waals surface area contributed by atoms with Crippen molar-refractivity contribution in [3.63, 3.8) is 0 Å². The van der Waals surface area contributed by atoms with Crippen molar-refractivity contribution in [3.8, 4) is 0 Å². The van der Waals surface area contributed by atoms with E-state index in [9.17, 15) is 9.59 Å². The standard InChI is InChI=1S/C12H11N3O4/c1-6-3-8-11(19-6)7-4-13-15(5-9(16)17)12(18)10(7)14(8)2/h3-4H,5H2,1-2H3,(H,16,17). The summed E-state index contributed by atoms with van der Waals surface area (Å²) in [5.41, 5.74) is 1.35. The van der Waals surface area contributed by atoms with Crippen LogP contribution in [0.3, 0.4) is 0 Å². The molecule has 0 amide bonds. The topological polar surface area (TPSA) is 90.3 Å². The molecule has 19 heavy (non-hydrogen) atoms. The number of aromatic nitrogens is 3. The highest BCUT2D eigenvalue weighted by molar-refractivity contribution is 6.04. The molecule has 0 radical (unpaired) electrons. The molecule has 0 aliphatic rings. The molecule has 98 valence electrons. The van der Waals surface area contributed by atoms with Gasteiger partial charge in [0, 0.05) is 13.1 Å². The van der Waals surface area contributed by atoms with Crippen molar-refractivity contribution >= 4 is 28.0 Å². The predicted molar refractivity (Wildman–Crippen MR) is 67.1 cm³/mol. The Morgan fingerprint density at radius 2 is 2.26 bits per heavy atom. The van der Waals surface area contributed by atoms with Crippen molar-refractivity contribution in [2.75, 3.05) is 0 Å². The lowest BCUT2D eigenvalue weighted by Gasteiger charge is -2.02. The molecular formula is C12H11N3O4. The summed E-state index contributed by atoms with van der Waals surface area (Å²) < 4.78 is 8.18. The zero-order chi connectivity index (χ0) is 13.7. The van der Waals surface area contributed by atoms with Gasteiger partial charge in [0.25, 0.3) is 5.56 Å². The molecule has 0 unspecified atom stereocenters. The average molecular weight is 261 g/mol. The highest BCUT2D eigenvalue weighted by atomic mass is 16.4. The predicted octanol–water partition coefficient (Wildman–Crippen LogP) is 0.874. The zero-order valence-corrected chi connectivity index (χ0v) is 10.4. The molecular weight excluding hydrogens is 250 g/mol. The van der Waals surface area contributed by atoms with Crippen LogP contribution in [0.5, 0.6) is 0 Å². The van der Waals surface area contributed by atoms with Gasteiger partial charge in [0.05, 0.1) is 17.1 Å². The lowest BCUT2D eigenvalue weighted by atomic mass is 10.3. The second kappa shape index (κ2) is 3.71. The van der Waals surface area contributed by atoms with Gasteiger partial charge in [-0.3, -0.25) is 9.59 Å². The number of hydrogen-bond donors (Lipinski definition) is 1. The highest BCUT2D eigenvalue weighted by Crippen LogP contribution is 2.27. The van der Waals surface area contributed by atoms with Gasteiger partial charge in [-0.15, -0.1) is 0 Å². The Labute approximate surface area is 106 Å². The Balaban J connectivity index is 2.40. The number of rotatable bonds is 2. The summed E-state index contributed by atoms with van der Waals surface area (Å²) in [6, 6.07) is 1.83. The molecule has 0 aliphatic heterocycles. The van der Waals surface area contributed by atoms with E-state index in [1.807, 2.05) is 13.0 Å². The summed E-state index contributed by atoms with van der Waals surface area (Å²) in [7, 11) is 1.74. The monoisotopic (exact) mass is 261 g/mol. The van der Waals surface area contributed by atoms with Crippen molar-refractivity contribution in [1.82, 2.24) is 14.3 Å². The van der Waals surface area contributed by atoms with Gasteiger partial charge in [-0.1, -0.05) is 0 Å². The second-order valence-corrected chi connectivity index (χ2v) is 4.39. The number of nitrogens with zero attached hydrogens (tertiary/aromatic N) is 3. The lowest BCUT2D eigenvalue weighted by molar-refractivity contribution is -0.137. The fraction of sp³-hybridized carbons (Fsp3) is 0.250. The number of fused-ring (bicyclic) bond motifs is 3. The quantitative estimate of drug-likeness (QED) is 0.739. The van der Waals surface area contributed by atoms with E-state index in [1.54, 1.807) is 11.6 Å². The maximum absolute atomic E-state index is 12.2. The number of aliphatic carboxylic acids is 1. The Bertz CT molecular complexity index is 868. The molecule has 0 atom stereocenters. The van der Waals surface area contributed by atoms with E-state index in [0.29, 0.717) is 16.5 Å². The van der Waals surface area contributed by atoms with E-state index in [0.717, 1.165) is 16.0 Å². The number of hydrogen-bond acceptors (Lipinski definition) is 4. The van der Waals surface area contributed by atoms with Gasteiger partial charge >= 0.3 is 5.97 Å². The van der Waals surface area contributed by atoms with Gasteiger partial charge in [-0.05, 0) is 6.92 Å². The summed E-state index contributed by atoms with van der Waals surface area (Å²) in [4.78, 5) is 22.9. The van der Waals surface area contributed by atoms with E-state index >= 15 is 0 Å². The Morgan fingerprint density at radius 3 is 2.95 bits per heavy atom. The van der Waals surface area contributed by atoms with E-state index in [4.69, 9.17) is 9.52 Å². The van der Waals surface area contributed by atoms with Gasteiger partial charge in [0.1, 0.15) is 17.8 Å². The van der Waals surface area contributed by atoms with Gasteiger partial charge in [0.2, 0.25) is 0 Å². The van der Waals surface area contributed by atoms with Crippen LogP contribution in [0.4, 0.5) is 0 Å². The third-order valence-electron chi connectivity index (χ3n) is 3.08. The SMILES string of the molecule is Cc1cc2c(o1)c1cnn(CC(=O)O)c(=O)c1n2C. The Kier molecular flexibility index (Phi) is 2.25. The summed E-state index contributed by atoms with van der Waals surface area (Å²) in [6.07, 6.45) is 1.46. The average Bonchev–Trinajstić information content (AvgIpc) is 2.81. The van der Waals surface area contributed by atoms with E-state index < -0.39 is 18.1 Å². The van der Waals surface area contributed by atoms with Crippen LogP contribution in [0.1, 0.15) is 5.76 Å². The van der Waals surface area contributed by atoms with Gasteiger partial charge in [0.15, 0.2) is 5.58 Å². The van der Waals surface area contributed by atoms with Crippen LogP contribution in [0.25, 0.3) is 22.0 Å². The molecule has 7 heteroatoms. The van der Waals surface area contributed by atoms with E-state index in [2.05, 4.69) is 5.10 Å². The molecule has 3 aromatic rings. The van der Waals surface area contributed by atoms with Gasteiger partial charge in [-0.2, -0.15) is 5.10 Å². The van der Waals surface area contributed by atoms with E-state index in [-0.39, 0.29) is 0 Å². The summed E-state index contributed by atoms with van der Waals surface area (Å²) >= 11 is 0. The fourth-order valence-corrected chi connectivity index (χ4v) is 2.27. The third-order valence-corrected chi connectivity index (χ3v) is 3.08. The molecule has 0 fully saturated rings. The highest BCUT2D eigenvalue weighted by Gasteiger charge is 2.17. The second-order valence-electron chi connectivity index (χ2n) is 4.39. The Hall–Kier alpha value is -2.57. The summed E-state index contributed by atoms with van der Waals surface area (Å²) in [5.74, 6) is -0.361. The molecule has 3 heterocycles. The molecule has 0 bridgehead atoms. The van der Waals surface area contributed by atoms with Crippen LogP contribution in [0.15, 0.2) is 21.5 Å². The molecule has 0 saturated heterocycles. The molecule has 3 aromatic heterocycles. The number of furan rings is 1. The summed E-state index contributed by atoms with van der Waals surface area (Å²) in [5, 5.41) is 13.2. The Morgan fingerprint density at radius 1 is 1.53 bits per heavy atom. The van der Waals surface area contributed by atoms with Crippen molar-refractivity contribution in [2.24, 2.45) is 7.05 Å². The van der Waals surface area contributed by atoms with Crippen LogP contribution < -0.4 is 5.56 Å². The third kappa shape index (κ3) is 1.55. The van der Waals surface area contributed by atoms with Crippen LogP contribution >= 0.6 is 0 Å². The van der Waals surface area contributed by atoms with Crippen molar-refractivity contribution < 1.29 is 14.3 Å². The van der Waals surface area contributed by atoms with Crippen molar-refractivity contribution in [1.29, 1.82) is 0 Å². The molecule has 3 rings (SSSR count). The fourth-order valence-electron chi connectivity index (χ4n) is 2.27. The largest absolute Gasteiger partial charge is 0.480 e. The minimum Gasteiger partial charge on any atom is -0.480 e. The number of carbonyl (C=O) groups is 1. The minimum atomic E-state index is -1.11.